The second-order valence-corrected chi connectivity index (χ2v) is 11.9. The molecule has 0 bridgehead atoms. The molecule has 1 saturated carbocycles. The molecule has 2 heterocycles. The van der Waals surface area contributed by atoms with Crippen molar-refractivity contribution in [1.82, 2.24) is 4.90 Å². The fourth-order valence-corrected chi connectivity index (χ4v) is 6.46. The highest BCUT2D eigenvalue weighted by atomic mass is 35.5. The molecule has 2 fully saturated rings. The maximum absolute atomic E-state index is 14.1. The summed E-state index contributed by atoms with van der Waals surface area (Å²) in [5.74, 6) is 0.336. The van der Waals surface area contributed by atoms with Crippen LogP contribution in [0.1, 0.15) is 81.9 Å². The Morgan fingerprint density at radius 3 is 2.46 bits per heavy atom. The standard InChI is InChI=1S/C29H34ClN3O4/c1-28(2,3)37-27(35)32-15-11-19(12-16-32)20-9-10-22-25(17-20)33(26(34)29(22)13-4-5-14-29)24-8-6-7-23(30)21(24)18-31-36/h6-10,17,19H,4-5,11-16,18H2,1-3H3. The van der Waals surface area contributed by atoms with E-state index in [0.29, 0.717) is 29.4 Å². The highest BCUT2D eigenvalue weighted by molar-refractivity contribution is 6.32. The predicted molar refractivity (Wildman–Crippen MR) is 144 cm³/mol. The second kappa shape index (κ2) is 9.75. The van der Waals surface area contributed by atoms with Crippen molar-refractivity contribution in [1.29, 1.82) is 0 Å². The Hall–Kier alpha value is -2.93. The lowest BCUT2D eigenvalue weighted by molar-refractivity contribution is -0.122. The number of hydrogen-bond acceptors (Lipinski definition) is 5. The van der Waals surface area contributed by atoms with E-state index in [9.17, 15) is 14.5 Å². The smallest absolute Gasteiger partial charge is 0.410 e. The number of halogens is 1. The van der Waals surface area contributed by atoms with E-state index < -0.39 is 11.0 Å². The number of rotatable bonds is 4. The monoisotopic (exact) mass is 523 g/mol. The number of benzene rings is 2. The van der Waals surface area contributed by atoms with Gasteiger partial charge in [0.15, 0.2) is 0 Å². The van der Waals surface area contributed by atoms with Crippen LogP contribution in [0.3, 0.4) is 0 Å². The number of ether oxygens (including phenoxy) is 1. The van der Waals surface area contributed by atoms with Crippen molar-refractivity contribution >= 4 is 35.0 Å². The Bertz CT molecular complexity index is 1220. The van der Waals surface area contributed by atoms with E-state index in [1.807, 2.05) is 32.9 Å². The van der Waals surface area contributed by atoms with Crippen LogP contribution in [0, 0.1) is 4.91 Å². The van der Waals surface area contributed by atoms with Crippen LogP contribution in [0.15, 0.2) is 41.6 Å². The van der Waals surface area contributed by atoms with Gasteiger partial charge in [0, 0.05) is 23.7 Å². The van der Waals surface area contributed by atoms with Crippen LogP contribution in [-0.4, -0.2) is 35.6 Å². The maximum Gasteiger partial charge on any atom is 0.410 e. The minimum atomic E-state index is -0.526. The molecule has 0 aromatic heterocycles. The van der Waals surface area contributed by atoms with Crippen molar-refractivity contribution in [3.8, 4) is 0 Å². The first-order valence-electron chi connectivity index (χ1n) is 13.2. The highest BCUT2D eigenvalue weighted by Gasteiger charge is 2.53. The van der Waals surface area contributed by atoms with Crippen LogP contribution in [0.2, 0.25) is 5.02 Å². The van der Waals surface area contributed by atoms with Crippen molar-refractivity contribution in [2.75, 3.05) is 18.0 Å². The number of carbonyl (C=O) groups is 2. The molecule has 1 saturated heterocycles. The molecular weight excluding hydrogens is 490 g/mol. The summed E-state index contributed by atoms with van der Waals surface area (Å²) in [6.07, 6.45) is 5.07. The molecule has 1 spiro atoms. The number of fused-ring (bicyclic) bond motifs is 2. The Morgan fingerprint density at radius 1 is 1.11 bits per heavy atom. The normalized spacial score (nSPS) is 19.4. The van der Waals surface area contributed by atoms with Crippen LogP contribution in [0.4, 0.5) is 16.2 Å². The molecule has 2 amide bonds. The first-order valence-corrected chi connectivity index (χ1v) is 13.6. The molecule has 0 unspecified atom stereocenters. The minimum absolute atomic E-state index is 0.0614. The zero-order chi connectivity index (χ0) is 26.4. The molecule has 0 atom stereocenters. The first-order chi connectivity index (χ1) is 17.6. The zero-order valence-corrected chi connectivity index (χ0v) is 22.5. The molecule has 5 rings (SSSR count). The van der Waals surface area contributed by atoms with Crippen LogP contribution in [0.25, 0.3) is 0 Å². The third-order valence-corrected chi connectivity index (χ3v) is 8.38. The largest absolute Gasteiger partial charge is 0.444 e. The molecule has 1 aliphatic carbocycles. The molecule has 2 aliphatic heterocycles. The van der Waals surface area contributed by atoms with E-state index >= 15 is 0 Å². The summed E-state index contributed by atoms with van der Waals surface area (Å²) in [7, 11) is 0. The number of nitrogens with zero attached hydrogens (tertiary/aromatic N) is 3. The summed E-state index contributed by atoms with van der Waals surface area (Å²) in [6, 6.07) is 11.8. The molecule has 37 heavy (non-hydrogen) atoms. The van der Waals surface area contributed by atoms with Crippen molar-refractivity contribution in [2.45, 2.75) is 82.8 Å². The Kier molecular flexibility index (Phi) is 6.77. The van der Waals surface area contributed by atoms with Gasteiger partial charge in [-0.3, -0.25) is 9.69 Å². The van der Waals surface area contributed by atoms with Crippen molar-refractivity contribution < 1.29 is 14.3 Å². The SMILES string of the molecule is CC(C)(C)OC(=O)N1CCC(c2ccc3c(c2)N(c2cccc(Cl)c2CN=O)C(=O)C32CCCC2)CC1. The fourth-order valence-electron chi connectivity index (χ4n) is 6.23. The lowest BCUT2D eigenvalue weighted by atomic mass is 9.79. The summed E-state index contributed by atoms with van der Waals surface area (Å²) in [6.45, 7) is 6.80. The molecule has 0 N–H and O–H groups in total. The van der Waals surface area contributed by atoms with E-state index in [0.717, 1.165) is 55.3 Å². The Balaban J connectivity index is 1.47. The van der Waals surface area contributed by atoms with Crippen LogP contribution >= 0.6 is 11.6 Å². The van der Waals surface area contributed by atoms with Gasteiger partial charge >= 0.3 is 6.09 Å². The van der Waals surface area contributed by atoms with Gasteiger partial charge in [-0.05, 0) is 81.7 Å². The molecule has 2 aromatic carbocycles. The van der Waals surface area contributed by atoms with Crippen LogP contribution < -0.4 is 4.90 Å². The molecule has 8 heteroatoms. The van der Waals surface area contributed by atoms with Crippen molar-refractivity contribution in [3.63, 3.8) is 0 Å². The number of hydrogen-bond donors (Lipinski definition) is 0. The predicted octanol–water partition coefficient (Wildman–Crippen LogP) is 7.21. The summed E-state index contributed by atoms with van der Waals surface area (Å²) < 4.78 is 5.55. The Morgan fingerprint density at radius 2 is 1.81 bits per heavy atom. The van der Waals surface area contributed by atoms with E-state index in [2.05, 4.69) is 23.4 Å². The van der Waals surface area contributed by atoms with Crippen molar-refractivity contribution in [2.24, 2.45) is 5.18 Å². The number of likely N-dealkylation sites (tertiary alicyclic amines) is 1. The number of piperidine rings is 1. The average Bonchev–Trinajstić information content (AvgIpc) is 3.44. The third-order valence-electron chi connectivity index (χ3n) is 8.02. The van der Waals surface area contributed by atoms with Gasteiger partial charge in [0.05, 0.1) is 16.8 Å². The lowest BCUT2D eigenvalue weighted by Crippen LogP contribution is -2.41. The zero-order valence-electron chi connectivity index (χ0n) is 21.8. The fraction of sp³-hybridized carbons (Fsp3) is 0.517. The van der Waals surface area contributed by atoms with Gasteiger partial charge in [0.25, 0.3) is 0 Å². The molecule has 2 aromatic rings. The van der Waals surface area contributed by atoms with Gasteiger partial charge in [-0.1, -0.05) is 47.8 Å². The molecule has 3 aliphatic rings. The number of anilines is 2. The summed E-state index contributed by atoms with van der Waals surface area (Å²) in [5.41, 5.74) is 3.28. The molecule has 0 radical (unpaired) electrons. The third kappa shape index (κ3) is 4.63. The van der Waals surface area contributed by atoms with Gasteiger partial charge in [-0.25, -0.2) is 4.79 Å². The topological polar surface area (TPSA) is 79.3 Å². The highest BCUT2D eigenvalue weighted by Crippen LogP contribution is 2.55. The van der Waals surface area contributed by atoms with Gasteiger partial charge < -0.3 is 9.64 Å². The molecular formula is C29H34ClN3O4. The number of amides is 2. The average molecular weight is 524 g/mol. The van der Waals surface area contributed by atoms with Gasteiger partial charge in [-0.15, -0.1) is 0 Å². The second-order valence-electron chi connectivity index (χ2n) is 11.5. The number of carbonyl (C=O) groups excluding carboxylic acids is 2. The summed E-state index contributed by atoms with van der Waals surface area (Å²) >= 11 is 6.47. The summed E-state index contributed by atoms with van der Waals surface area (Å²) in [4.78, 5) is 41.4. The van der Waals surface area contributed by atoms with Gasteiger partial charge in [-0.2, -0.15) is 4.91 Å². The van der Waals surface area contributed by atoms with E-state index in [1.54, 1.807) is 15.9 Å². The van der Waals surface area contributed by atoms with Gasteiger partial charge in [0.2, 0.25) is 5.91 Å². The maximum atomic E-state index is 14.1. The Labute approximate surface area is 223 Å². The first kappa shape index (κ1) is 25.7. The van der Waals surface area contributed by atoms with Gasteiger partial charge in [0.1, 0.15) is 12.1 Å². The van der Waals surface area contributed by atoms with E-state index in [4.69, 9.17) is 16.3 Å². The van der Waals surface area contributed by atoms with Crippen LogP contribution in [-0.2, 0) is 21.5 Å². The molecule has 7 nitrogen and oxygen atoms in total. The van der Waals surface area contributed by atoms with E-state index in [1.165, 1.54) is 0 Å². The van der Waals surface area contributed by atoms with E-state index in [-0.39, 0.29) is 24.5 Å². The lowest BCUT2D eigenvalue weighted by Gasteiger charge is -2.34. The quantitative estimate of drug-likeness (QED) is 0.396. The minimum Gasteiger partial charge on any atom is -0.444 e. The van der Waals surface area contributed by atoms with Crippen LogP contribution in [0.5, 0.6) is 0 Å². The number of nitroso groups, excluding NO2 is 1. The summed E-state index contributed by atoms with van der Waals surface area (Å²) in [5, 5.41) is 3.52. The van der Waals surface area contributed by atoms with Crippen molar-refractivity contribution in [3.05, 3.63) is 63.0 Å². The molecule has 196 valence electrons.